The Morgan fingerprint density at radius 1 is 1.59 bits per heavy atom. The number of hydrogen-bond acceptors (Lipinski definition) is 5. The van der Waals surface area contributed by atoms with Gasteiger partial charge in [-0.05, 0) is 19.9 Å². The smallest absolute Gasteiger partial charge is 0.348 e. The number of aromatic amines is 1. The first-order chi connectivity index (χ1) is 8.16. The molecule has 3 heterocycles. The summed E-state index contributed by atoms with van der Waals surface area (Å²) in [7, 11) is 0. The summed E-state index contributed by atoms with van der Waals surface area (Å²) in [4.78, 5) is 15.5. The minimum atomic E-state index is -0.271. The molecule has 1 atom stereocenters. The molecule has 0 radical (unpaired) electrons. The number of aromatic nitrogens is 4. The second-order valence-electron chi connectivity index (χ2n) is 4.64. The van der Waals surface area contributed by atoms with Gasteiger partial charge in [0.25, 0.3) is 0 Å². The quantitative estimate of drug-likeness (QED) is 0.657. The lowest BCUT2D eigenvalue weighted by Gasteiger charge is -2.24. The van der Waals surface area contributed by atoms with Gasteiger partial charge in [0, 0.05) is 18.2 Å². The van der Waals surface area contributed by atoms with Crippen molar-refractivity contribution in [2.75, 3.05) is 18.4 Å². The molecule has 2 aromatic heterocycles. The zero-order chi connectivity index (χ0) is 11.9. The predicted octanol–water partition coefficient (Wildman–Crippen LogP) is -0.418. The van der Waals surface area contributed by atoms with Crippen LogP contribution in [0.4, 0.5) is 5.82 Å². The average Bonchev–Trinajstić information content (AvgIpc) is 2.87. The molecule has 1 fully saturated rings. The first-order valence-corrected chi connectivity index (χ1v) is 5.58. The lowest BCUT2D eigenvalue weighted by molar-refractivity contribution is 0.564. The van der Waals surface area contributed by atoms with E-state index in [0.717, 1.165) is 25.3 Å². The van der Waals surface area contributed by atoms with Crippen molar-refractivity contribution < 1.29 is 0 Å². The van der Waals surface area contributed by atoms with Gasteiger partial charge in [0.1, 0.15) is 12.1 Å². The summed E-state index contributed by atoms with van der Waals surface area (Å²) < 4.78 is 1.38. The molecule has 0 aromatic carbocycles. The molecular formula is C10H14N6O. The molecule has 1 unspecified atom stereocenters. The molecule has 0 spiro atoms. The SMILES string of the molecule is CC1(Nc2cc3n[nH]c(=O)n3cn2)CCNC1. The van der Waals surface area contributed by atoms with Crippen LogP contribution in [0.15, 0.2) is 17.2 Å². The summed E-state index contributed by atoms with van der Waals surface area (Å²) in [5, 5.41) is 13.0. The van der Waals surface area contributed by atoms with Crippen LogP contribution in [0.5, 0.6) is 0 Å². The number of hydrogen-bond donors (Lipinski definition) is 3. The molecule has 7 heteroatoms. The van der Waals surface area contributed by atoms with Gasteiger partial charge in [0.15, 0.2) is 5.65 Å². The molecule has 0 saturated carbocycles. The molecule has 7 nitrogen and oxygen atoms in total. The molecule has 90 valence electrons. The van der Waals surface area contributed by atoms with E-state index >= 15 is 0 Å². The molecule has 2 aromatic rings. The topological polar surface area (TPSA) is 87.1 Å². The Balaban J connectivity index is 1.93. The standard InChI is InChI=1S/C10H14N6O/c1-10(2-3-11-5-10)13-7-4-8-14-15-9(17)16(8)6-12-7/h4,6,11,13H,2-3,5H2,1H3,(H,15,17). The van der Waals surface area contributed by atoms with Gasteiger partial charge in [0.2, 0.25) is 0 Å². The Hall–Kier alpha value is -1.89. The van der Waals surface area contributed by atoms with E-state index in [0.29, 0.717) is 5.65 Å². The maximum absolute atomic E-state index is 11.3. The van der Waals surface area contributed by atoms with Crippen LogP contribution < -0.4 is 16.3 Å². The molecule has 1 saturated heterocycles. The van der Waals surface area contributed by atoms with E-state index in [9.17, 15) is 4.79 Å². The van der Waals surface area contributed by atoms with Gasteiger partial charge in [-0.25, -0.2) is 19.3 Å². The van der Waals surface area contributed by atoms with E-state index < -0.39 is 0 Å². The van der Waals surface area contributed by atoms with Gasteiger partial charge in [-0.15, -0.1) is 0 Å². The van der Waals surface area contributed by atoms with Crippen molar-refractivity contribution in [1.29, 1.82) is 0 Å². The highest BCUT2D eigenvalue weighted by molar-refractivity contribution is 5.49. The second kappa shape index (κ2) is 3.56. The number of rotatable bonds is 2. The number of nitrogens with one attached hydrogen (secondary N) is 3. The van der Waals surface area contributed by atoms with Crippen molar-refractivity contribution in [3.8, 4) is 0 Å². The van der Waals surface area contributed by atoms with Crippen LogP contribution in [0.2, 0.25) is 0 Å². The third-order valence-electron chi connectivity index (χ3n) is 3.11. The Labute approximate surface area is 97.3 Å². The fourth-order valence-electron chi connectivity index (χ4n) is 2.11. The minimum absolute atomic E-state index is 0.0158. The van der Waals surface area contributed by atoms with Crippen LogP contribution in [0.3, 0.4) is 0 Å². The van der Waals surface area contributed by atoms with Crippen LogP contribution in [0.1, 0.15) is 13.3 Å². The Morgan fingerprint density at radius 3 is 3.24 bits per heavy atom. The van der Waals surface area contributed by atoms with E-state index in [4.69, 9.17) is 0 Å². The Morgan fingerprint density at radius 2 is 2.47 bits per heavy atom. The third kappa shape index (κ3) is 1.78. The molecule has 3 rings (SSSR count). The highest BCUT2D eigenvalue weighted by Crippen LogP contribution is 2.19. The first-order valence-electron chi connectivity index (χ1n) is 5.58. The first kappa shape index (κ1) is 10.3. The molecular weight excluding hydrogens is 220 g/mol. The average molecular weight is 234 g/mol. The summed E-state index contributed by atoms with van der Waals surface area (Å²) in [5.41, 5.74) is 0.317. The van der Waals surface area contributed by atoms with E-state index in [1.165, 1.54) is 10.7 Å². The van der Waals surface area contributed by atoms with Crippen LogP contribution >= 0.6 is 0 Å². The highest BCUT2D eigenvalue weighted by atomic mass is 16.1. The van der Waals surface area contributed by atoms with Crippen LogP contribution in [0.25, 0.3) is 5.65 Å². The number of anilines is 1. The van der Waals surface area contributed by atoms with Gasteiger partial charge in [-0.3, -0.25) is 0 Å². The fourth-order valence-corrected chi connectivity index (χ4v) is 2.11. The monoisotopic (exact) mass is 234 g/mol. The van der Waals surface area contributed by atoms with E-state index in [2.05, 4.69) is 32.7 Å². The highest BCUT2D eigenvalue weighted by Gasteiger charge is 2.28. The molecule has 1 aliphatic rings. The molecule has 3 N–H and O–H groups in total. The fraction of sp³-hybridized carbons (Fsp3) is 0.500. The van der Waals surface area contributed by atoms with Crippen molar-refractivity contribution >= 4 is 11.5 Å². The largest absolute Gasteiger partial charge is 0.363 e. The number of fused-ring (bicyclic) bond motifs is 1. The summed E-state index contributed by atoms with van der Waals surface area (Å²) in [5.74, 6) is 0.739. The summed E-state index contributed by atoms with van der Waals surface area (Å²) >= 11 is 0. The van der Waals surface area contributed by atoms with Crippen molar-refractivity contribution in [1.82, 2.24) is 24.9 Å². The lowest BCUT2D eigenvalue weighted by atomic mass is 10.0. The maximum atomic E-state index is 11.3. The van der Waals surface area contributed by atoms with E-state index in [1.54, 1.807) is 6.07 Å². The van der Waals surface area contributed by atoms with Crippen LogP contribution in [0, 0.1) is 0 Å². The van der Waals surface area contributed by atoms with Crippen LogP contribution in [-0.2, 0) is 0 Å². The van der Waals surface area contributed by atoms with Crippen molar-refractivity contribution in [3.63, 3.8) is 0 Å². The molecule has 0 bridgehead atoms. The van der Waals surface area contributed by atoms with Gasteiger partial charge < -0.3 is 10.6 Å². The van der Waals surface area contributed by atoms with E-state index in [-0.39, 0.29) is 11.2 Å². The number of nitrogens with zero attached hydrogens (tertiary/aromatic N) is 3. The molecule has 0 amide bonds. The lowest BCUT2D eigenvalue weighted by Crippen LogP contribution is -2.37. The summed E-state index contributed by atoms with van der Waals surface area (Å²) in [6.45, 7) is 4.07. The van der Waals surface area contributed by atoms with Gasteiger partial charge in [0.05, 0.1) is 0 Å². The Kier molecular flexibility index (Phi) is 2.15. The molecule has 1 aliphatic heterocycles. The third-order valence-corrected chi connectivity index (χ3v) is 3.11. The summed E-state index contributed by atoms with van der Waals surface area (Å²) in [6, 6.07) is 1.77. The van der Waals surface area contributed by atoms with Gasteiger partial charge in [-0.1, -0.05) is 0 Å². The second-order valence-corrected chi connectivity index (χ2v) is 4.64. The zero-order valence-electron chi connectivity index (χ0n) is 9.53. The number of H-pyrrole nitrogens is 1. The molecule has 0 aliphatic carbocycles. The Bertz CT molecular complexity index is 594. The minimum Gasteiger partial charge on any atom is -0.363 e. The molecule has 17 heavy (non-hydrogen) atoms. The van der Waals surface area contributed by atoms with E-state index in [1.807, 2.05) is 0 Å². The maximum Gasteiger partial charge on any atom is 0.348 e. The van der Waals surface area contributed by atoms with Gasteiger partial charge in [-0.2, -0.15) is 5.10 Å². The van der Waals surface area contributed by atoms with Crippen molar-refractivity contribution in [3.05, 3.63) is 22.9 Å². The normalized spacial score (nSPS) is 24.3. The predicted molar refractivity (Wildman–Crippen MR) is 63.1 cm³/mol. The van der Waals surface area contributed by atoms with Crippen molar-refractivity contribution in [2.45, 2.75) is 18.9 Å². The van der Waals surface area contributed by atoms with Gasteiger partial charge >= 0.3 is 5.69 Å². The zero-order valence-corrected chi connectivity index (χ0v) is 9.53. The van der Waals surface area contributed by atoms with Crippen LogP contribution in [-0.4, -0.2) is 38.2 Å². The van der Waals surface area contributed by atoms with Crippen molar-refractivity contribution in [2.24, 2.45) is 0 Å². The summed E-state index contributed by atoms with van der Waals surface area (Å²) in [6.07, 6.45) is 2.53.